The second kappa shape index (κ2) is 9.27. The summed E-state index contributed by atoms with van der Waals surface area (Å²) in [4.78, 5) is 14.2. The Kier molecular flexibility index (Phi) is 6.46. The van der Waals surface area contributed by atoms with E-state index >= 15 is 0 Å². The van der Waals surface area contributed by atoms with Gasteiger partial charge in [0.05, 0.1) is 26.4 Å². The van der Waals surface area contributed by atoms with Crippen molar-refractivity contribution in [3.63, 3.8) is 0 Å². The summed E-state index contributed by atoms with van der Waals surface area (Å²) in [5.41, 5.74) is 4.20. The van der Waals surface area contributed by atoms with Gasteiger partial charge in [0.25, 0.3) is 5.91 Å². The minimum atomic E-state index is -0.352. The minimum Gasteiger partial charge on any atom is -0.321 e. The van der Waals surface area contributed by atoms with Gasteiger partial charge in [-0.05, 0) is 60.9 Å². The van der Waals surface area contributed by atoms with E-state index in [1.165, 1.54) is 24.5 Å². The molecular formula is C23H19Cl3N4O. The molecule has 4 aromatic rings. The molecule has 0 aliphatic rings. The zero-order valence-electron chi connectivity index (χ0n) is 16.7. The first kappa shape index (κ1) is 21.6. The lowest BCUT2D eigenvalue weighted by Crippen LogP contribution is -2.12. The lowest BCUT2D eigenvalue weighted by Gasteiger charge is -2.07. The van der Waals surface area contributed by atoms with E-state index in [0.717, 1.165) is 12.1 Å². The molecule has 0 atom stereocenters. The molecule has 0 aliphatic carbocycles. The summed E-state index contributed by atoms with van der Waals surface area (Å²) in [6.07, 6.45) is 3.39. The van der Waals surface area contributed by atoms with Gasteiger partial charge in [-0.15, -0.1) is 10.2 Å². The first-order valence-corrected chi connectivity index (χ1v) is 11.0. The van der Waals surface area contributed by atoms with Crippen LogP contribution in [0.1, 0.15) is 35.7 Å². The van der Waals surface area contributed by atoms with Crippen LogP contribution >= 0.6 is 34.8 Å². The Balaban J connectivity index is 1.58. The van der Waals surface area contributed by atoms with Crippen molar-refractivity contribution in [3.05, 3.63) is 80.8 Å². The number of carbonyl (C=O) groups is 1. The fraction of sp³-hybridized carbons (Fsp3) is 0.174. The Bertz CT molecular complexity index is 1250. The molecule has 0 aliphatic heterocycles. The summed E-state index contributed by atoms with van der Waals surface area (Å²) in [5, 5.41) is 12.9. The first-order chi connectivity index (χ1) is 14.9. The Hall–Kier alpha value is -2.60. The average molecular weight is 474 g/mol. The van der Waals surface area contributed by atoms with Crippen LogP contribution in [-0.2, 0) is 6.42 Å². The predicted octanol–water partition coefficient (Wildman–Crippen LogP) is 6.98. The third-order valence-corrected chi connectivity index (χ3v) is 5.94. The van der Waals surface area contributed by atoms with Crippen LogP contribution in [-0.4, -0.2) is 20.9 Å². The van der Waals surface area contributed by atoms with Crippen LogP contribution in [0.3, 0.4) is 0 Å². The van der Waals surface area contributed by atoms with Gasteiger partial charge in [0.2, 0.25) is 0 Å². The molecule has 1 amide bonds. The van der Waals surface area contributed by atoms with Crippen LogP contribution in [0.25, 0.3) is 16.7 Å². The maximum absolute atomic E-state index is 12.6. The number of amides is 1. The molecule has 0 fully saturated rings. The summed E-state index contributed by atoms with van der Waals surface area (Å²) in [7, 11) is 0. The highest BCUT2D eigenvalue weighted by Crippen LogP contribution is 2.28. The number of fused-ring (bicyclic) bond motifs is 1. The maximum Gasteiger partial charge on any atom is 0.255 e. The molecule has 1 N–H and O–H groups in total. The number of benzene rings is 3. The van der Waals surface area contributed by atoms with E-state index < -0.39 is 0 Å². The number of nitrogens with one attached hydrogen (secondary N) is 1. The SMILES string of the molecule is CCCCc1ccc(-n2nc3cc(Cl)c(NC(=O)c4ccc(Cl)c(Cl)c4)cc3n2)cc1. The van der Waals surface area contributed by atoms with Gasteiger partial charge >= 0.3 is 0 Å². The number of hydrogen-bond acceptors (Lipinski definition) is 3. The summed E-state index contributed by atoms with van der Waals surface area (Å²) in [5.74, 6) is -0.352. The Morgan fingerprint density at radius 3 is 2.29 bits per heavy atom. The Labute approximate surface area is 194 Å². The largest absolute Gasteiger partial charge is 0.321 e. The van der Waals surface area contributed by atoms with Crippen LogP contribution < -0.4 is 5.32 Å². The molecule has 3 aromatic carbocycles. The van der Waals surface area contributed by atoms with Crippen molar-refractivity contribution in [2.45, 2.75) is 26.2 Å². The molecule has 0 saturated carbocycles. The highest BCUT2D eigenvalue weighted by molar-refractivity contribution is 6.42. The number of aromatic nitrogens is 3. The molecule has 0 spiro atoms. The first-order valence-electron chi connectivity index (χ1n) is 9.87. The highest BCUT2D eigenvalue weighted by atomic mass is 35.5. The molecule has 0 unspecified atom stereocenters. The van der Waals surface area contributed by atoms with Gasteiger partial charge in [0.15, 0.2) is 0 Å². The molecule has 1 aromatic heterocycles. The number of nitrogens with zero attached hydrogens (tertiary/aromatic N) is 3. The van der Waals surface area contributed by atoms with Crippen molar-refractivity contribution in [1.29, 1.82) is 0 Å². The number of aryl methyl sites for hydroxylation is 1. The molecule has 31 heavy (non-hydrogen) atoms. The fourth-order valence-corrected chi connectivity index (χ4v) is 3.66. The third-order valence-electron chi connectivity index (χ3n) is 4.89. The van der Waals surface area contributed by atoms with E-state index in [-0.39, 0.29) is 5.91 Å². The quantitative estimate of drug-likeness (QED) is 0.329. The lowest BCUT2D eigenvalue weighted by atomic mass is 10.1. The normalized spacial score (nSPS) is 11.1. The standard InChI is InChI=1S/C23H19Cl3N4O/c1-2-3-4-14-5-8-16(9-6-14)30-28-21-12-19(26)20(13-22(21)29-30)27-23(31)15-7-10-17(24)18(25)11-15/h5-13H,2-4H2,1H3,(H,27,31). The second-order valence-electron chi connectivity index (χ2n) is 7.16. The van der Waals surface area contributed by atoms with Gasteiger partial charge in [-0.1, -0.05) is 60.3 Å². The topological polar surface area (TPSA) is 59.8 Å². The van der Waals surface area contributed by atoms with Crippen LogP contribution in [0.15, 0.2) is 54.6 Å². The summed E-state index contributed by atoms with van der Waals surface area (Å²) in [6, 6.07) is 16.2. The molecule has 0 saturated heterocycles. The van der Waals surface area contributed by atoms with Crippen LogP contribution in [0.5, 0.6) is 0 Å². The third kappa shape index (κ3) is 4.85. The Morgan fingerprint density at radius 2 is 1.61 bits per heavy atom. The maximum atomic E-state index is 12.6. The van der Waals surface area contributed by atoms with Gasteiger partial charge in [-0.2, -0.15) is 4.80 Å². The molecule has 1 heterocycles. The number of rotatable bonds is 6. The molecular weight excluding hydrogens is 455 g/mol. The predicted molar refractivity (Wildman–Crippen MR) is 127 cm³/mol. The van der Waals surface area contributed by atoms with E-state index in [0.29, 0.717) is 37.4 Å². The van der Waals surface area contributed by atoms with E-state index in [4.69, 9.17) is 34.8 Å². The lowest BCUT2D eigenvalue weighted by molar-refractivity contribution is 0.102. The number of hydrogen-bond donors (Lipinski definition) is 1. The smallest absolute Gasteiger partial charge is 0.255 e. The molecule has 4 rings (SSSR count). The zero-order valence-corrected chi connectivity index (χ0v) is 19.0. The summed E-state index contributed by atoms with van der Waals surface area (Å²) >= 11 is 18.3. The van der Waals surface area contributed by atoms with Crippen LogP contribution in [0.2, 0.25) is 15.1 Å². The van der Waals surface area contributed by atoms with Crippen molar-refractivity contribution >= 4 is 57.4 Å². The van der Waals surface area contributed by atoms with E-state index in [2.05, 4.69) is 34.6 Å². The second-order valence-corrected chi connectivity index (χ2v) is 8.38. The fourth-order valence-electron chi connectivity index (χ4n) is 3.16. The number of carbonyl (C=O) groups excluding carboxylic acids is 1. The van der Waals surface area contributed by atoms with Crippen molar-refractivity contribution in [3.8, 4) is 5.69 Å². The van der Waals surface area contributed by atoms with Gasteiger partial charge in [-0.25, -0.2) is 0 Å². The molecule has 8 heteroatoms. The molecule has 5 nitrogen and oxygen atoms in total. The van der Waals surface area contributed by atoms with Gasteiger partial charge in [0.1, 0.15) is 11.0 Å². The Morgan fingerprint density at radius 1 is 0.903 bits per heavy atom. The highest BCUT2D eigenvalue weighted by Gasteiger charge is 2.14. The molecule has 158 valence electrons. The number of halogens is 3. The average Bonchev–Trinajstić information content (AvgIpc) is 3.17. The van der Waals surface area contributed by atoms with Gasteiger partial charge in [0, 0.05) is 5.56 Å². The van der Waals surface area contributed by atoms with E-state index in [9.17, 15) is 4.79 Å². The van der Waals surface area contributed by atoms with Gasteiger partial charge < -0.3 is 5.32 Å². The van der Waals surface area contributed by atoms with Crippen molar-refractivity contribution in [2.75, 3.05) is 5.32 Å². The van der Waals surface area contributed by atoms with Crippen molar-refractivity contribution in [2.24, 2.45) is 0 Å². The van der Waals surface area contributed by atoms with Crippen molar-refractivity contribution in [1.82, 2.24) is 15.0 Å². The summed E-state index contributed by atoms with van der Waals surface area (Å²) < 4.78 is 0. The van der Waals surface area contributed by atoms with E-state index in [1.54, 1.807) is 29.1 Å². The van der Waals surface area contributed by atoms with Crippen LogP contribution in [0.4, 0.5) is 5.69 Å². The van der Waals surface area contributed by atoms with Crippen molar-refractivity contribution < 1.29 is 4.79 Å². The minimum absolute atomic E-state index is 0.305. The molecule has 0 bridgehead atoms. The summed E-state index contributed by atoms with van der Waals surface area (Å²) in [6.45, 7) is 2.18. The van der Waals surface area contributed by atoms with Gasteiger partial charge in [-0.3, -0.25) is 4.79 Å². The van der Waals surface area contributed by atoms with E-state index in [1.807, 2.05) is 12.1 Å². The monoisotopic (exact) mass is 472 g/mol. The number of anilines is 1. The zero-order chi connectivity index (χ0) is 22.0. The van der Waals surface area contributed by atoms with Crippen LogP contribution in [0, 0.1) is 0 Å². The number of unbranched alkanes of at least 4 members (excludes halogenated alkanes) is 1. The molecule has 0 radical (unpaired) electrons.